The van der Waals surface area contributed by atoms with Crippen molar-refractivity contribution in [3.05, 3.63) is 23.8 Å². The maximum absolute atomic E-state index is 12.8. The van der Waals surface area contributed by atoms with Crippen molar-refractivity contribution in [2.45, 2.75) is 39.5 Å². The second-order valence-corrected chi connectivity index (χ2v) is 6.56. The third-order valence-corrected chi connectivity index (χ3v) is 4.82. The highest BCUT2D eigenvalue weighted by Gasteiger charge is 2.42. The van der Waals surface area contributed by atoms with Crippen LogP contribution in [0.2, 0.25) is 0 Å². The van der Waals surface area contributed by atoms with E-state index in [1.54, 1.807) is 0 Å². The van der Waals surface area contributed by atoms with Crippen LogP contribution in [0.25, 0.3) is 0 Å². The summed E-state index contributed by atoms with van der Waals surface area (Å²) in [6.45, 7) is 5.26. The molecule has 0 saturated heterocycles. The third kappa shape index (κ3) is 2.01. The number of hydrogen-bond donors (Lipinski definition) is 1. The molecule has 2 N–H and O–H groups in total. The Hall–Kier alpha value is -1.51. The molecule has 1 heterocycles. The Bertz CT molecular complexity index is 521. The molecule has 2 aliphatic rings. The fraction of sp³-hybridized carbons (Fsp3) is 0.562. The highest BCUT2D eigenvalue weighted by molar-refractivity contribution is 5.97. The topological polar surface area (TPSA) is 46.3 Å². The van der Waals surface area contributed by atoms with Crippen LogP contribution in [0.4, 0.5) is 11.4 Å². The summed E-state index contributed by atoms with van der Waals surface area (Å²) in [5.41, 5.74) is 9.03. The van der Waals surface area contributed by atoms with Crippen molar-refractivity contribution in [1.29, 1.82) is 0 Å². The van der Waals surface area contributed by atoms with E-state index in [0.29, 0.717) is 5.91 Å². The first kappa shape index (κ1) is 12.5. The van der Waals surface area contributed by atoms with Gasteiger partial charge >= 0.3 is 0 Å². The van der Waals surface area contributed by atoms with Crippen molar-refractivity contribution >= 4 is 17.3 Å². The van der Waals surface area contributed by atoms with Gasteiger partial charge in [-0.1, -0.05) is 20.3 Å². The minimum absolute atomic E-state index is 0.146. The third-order valence-electron chi connectivity index (χ3n) is 4.82. The largest absolute Gasteiger partial charge is 0.399 e. The number of benzene rings is 1. The summed E-state index contributed by atoms with van der Waals surface area (Å²) in [7, 11) is 0. The fourth-order valence-electron chi connectivity index (χ4n) is 3.62. The summed E-state index contributed by atoms with van der Waals surface area (Å²) >= 11 is 0. The zero-order valence-corrected chi connectivity index (χ0v) is 11.8. The first-order chi connectivity index (χ1) is 8.99. The Labute approximate surface area is 114 Å². The fourth-order valence-corrected chi connectivity index (χ4v) is 3.62. The molecule has 19 heavy (non-hydrogen) atoms. The molecule has 0 aromatic heterocycles. The lowest BCUT2D eigenvalue weighted by atomic mass is 9.81. The van der Waals surface area contributed by atoms with Crippen molar-refractivity contribution in [2.24, 2.45) is 11.3 Å². The van der Waals surface area contributed by atoms with Crippen LogP contribution in [0, 0.1) is 11.3 Å². The van der Waals surface area contributed by atoms with Gasteiger partial charge in [-0.2, -0.15) is 0 Å². The van der Waals surface area contributed by atoms with E-state index in [-0.39, 0.29) is 11.3 Å². The zero-order chi connectivity index (χ0) is 13.6. The van der Waals surface area contributed by atoms with E-state index in [2.05, 4.69) is 13.8 Å². The van der Waals surface area contributed by atoms with E-state index in [4.69, 9.17) is 5.73 Å². The molecule has 1 atom stereocenters. The van der Waals surface area contributed by atoms with Crippen molar-refractivity contribution in [1.82, 2.24) is 0 Å². The molecule has 1 fully saturated rings. The first-order valence-corrected chi connectivity index (χ1v) is 7.19. The maximum Gasteiger partial charge on any atom is 0.230 e. The molecule has 1 unspecified atom stereocenters. The molecule has 1 aliphatic heterocycles. The van der Waals surface area contributed by atoms with Crippen LogP contribution in [0.5, 0.6) is 0 Å². The molecular formula is C16H22N2O. The molecule has 1 saturated carbocycles. The Morgan fingerprint density at radius 1 is 1.42 bits per heavy atom. The molecule has 1 aromatic rings. The van der Waals surface area contributed by atoms with E-state index in [1.165, 1.54) is 12.0 Å². The quantitative estimate of drug-likeness (QED) is 0.787. The summed E-state index contributed by atoms with van der Waals surface area (Å²) < 4.78 is 0. The van der Waals surface area contributed by atoms with Crippen LogP contribution in [-0.4, -0.2) is 12.5 Å². The van der Waals surface area contributed by atoms with Crippen LogP contribution in [0.1, 0.15) is 38.7 Å². The molecule has 3 nitrogen and oxygen atoms in total. The molecule has 1 amide bonds. The monoisotopic (exact) mass is 258 g/mol. The summed E-state index contributed by atoms with van der Waals surface area (Å²) in [5.74, 6) is 0.488. The average Bonchev–Trinajstić information content (AvgIpc) is 2.90. The molecule has 0 radical (unpaired) electrons. The Morgan fingerprint density at radius 2 is 2.21 bits per heavy atom. The summed E-state index contributed by atoms with van der Waals surface area (Å²) in [6.07, 6.45) is 4.30. The minimum Gasteiger partial charge on any atom is -0.399 e. The number of hydrogen-bond acceptors (Lipinski definition) is 2. The van der Waals surface area contributed by atoms with Gasteiger partial charge in [-0.15, -0.1) is 0 Å². The second-order valence-electron chi connectivity index (χ2n) is 6.56. The van der Waals surface area contributed by atoms with E-state index in [0.717, 1.165) is 37.2 Å². The highest BCUT2D eigenvalue weighted by Crippen LogP contribution is 2.44. The number of nitrogens with zero attached hydrogens (tertiary/aromatic N) is 1. The molecule has 0 spiro atoms. The van der Waals surface area contributed by atoms with Crippen LogP contribution < -0.4 is 10.6 Å². The predicted molar refractivity (Wildman–Crippen MR) is 78.0 cm³/mol. The molecule has 102 valence electrons. The van der Waals surface area contributed by atoms with Crippen LogP contribution in [-0.2, 0) is 11.2 Å². The molecule has 0 bridgehead atoms. The summed E-state index contributed by atoms with van der Waals surface area (Å²) in [5, 5.41) is 0. The number of fused-ring (bicyclic) bond motifs is 1. The van der Waals surface area contributed by atoms with Crippen molar-refractivity contribution in [2.75, 3.05) is 17.2 Å². The number of anilines is 2. The molecule has 1 aliphatic carbocycles. The smallest absolute Gasteiger partial charge is 0.230 e. The van der Waals surface area contributed by atoms with E-state index in [9.17, 15) is 4.79 Å². The molecule has 3 heteroatoms. The number of carbonyl (C=O) groups excluding carboxylic acids is 1. The van der Waals surface area contributed by atoms with Crippen LogP contribution >= 0.6 is 0 Å². The molecular weight excluding hydrogens is 236 g/mol. The van der Waals surface area contributed by atoms with Crippen molar-refractivity contribution in [3.63, 3.8) is 0 Å². The Balaban J connectivity index is 1.88. The average molecular weight is 258 g/mol. The minimum atomic E-state index is 0.146. The zero-order valence-electron chi connectivity index (χ0n) is 11.8. The maximum atomic E-state index is 12.8. The van der Waals surface area contributed by atoms with Gasteiger partial charge in [0.05, 0.1) is 0 Å². The van der Waals surface area contributed by atoms with E-state index < -0.39 is 0 Å². The van der Waals surface area contributed by atoms with Gasteiger partial charge in [0.25, 0.3) is 0 Å². The van der Waals surface area contributed by atoms with Gasteiger partial charge in [0.2, 0.25) is 5.91 Å². The first-order valence-electron chi connectivity index (χ1n) is 7.19. The molecule has 1 aromatic carbocycles. The molecule has 3 rings (SSSR count). The van der Waals surface area contributed by atoms with Gasteiger partial charge in [0.15, 0.2) is 0 Å². The lowest BCUT2D eigenvalue weighted by Gasteiger charge is -2.30. The Morgan fingerprint density at radius 3 is 2.89 bits per heavy atom. The SMILES string of the molecule is CC1(C)CCCC1C(=O)N1CCc2cc(N)ccc21. The van der Waals surface area contributed by atoms with Gasteiger partial charge in [0, 0.05) is 23.8 Å². The van der Waals surface area contributed by atoms with Gasteiger partial charge < -0.3 is 10.6 Å². The standard InChI is InChI=1S/C16H22N2O/c1-16(2)8-3-4-13(16)15(19)18-9-7-11-10-12(17)5-6-14(11)18/h5-6,10,13H,3-4,7-9,17H2,1-2H3. The van der Waals surface area contributed by atoms with Crippen LogP contribution in [0.3, 0.4) is 0 Å². The van der Waals surface area contributed by atoms with Gasteiger partial charge in [0.1, 0.15) is 0 Å². The normalized spacial score (nSPS) is 24.5. The second kappa shape index (κ2) is 4.26. The van der Waals surface area contributed by atoms with Crippen LogP contribution in [0.15, 0.2) is 18.2 Å². The predicted octanol–water partition coefficient (Wildman–Crippen LogP) is 2.98. The van der Waals surface area contributed by atoms with Crippen molar-refractivity contribution < 1.29 is 4.79 Å². The van der Waals surface area contributed by atoms with Gasteiger partial charge in [-0.25, -0.2) is 0 Å². The van der Waals surface area contributed by atoms with Crippen molar-refractivity contribution in [3.8, 4) is 0 Å². The highest BCUT2D eigenvalue weighted by atomic mass is 16.2. The lowest BCUT2D eigenvalue weighted by molar-refractivity contribution is -0.124. The number of rotatable bonds is 1. The van der Waals surface area contributed by atoms with Gasteiger partial charge in [-0.05, 0) is 48.4 Å². The van der Waals surface area contributed by atoms with E-state index >= 15 is 0 Å². The number of carbonyl (C=O) groups is 1. The summed E-state index contributed by atoms with van der Waals surface area (Å²) in [4.78, 5) is 14.8. The van der Waals surface area contributed by atoms with Gasteiger partial charge in [-0.3, -0.25) is 4.79 Å². The lowest BCUT2D eigenvalue weighted by Crippen LogP contribution is -2.39. The number of nitrogen functional groups attached to an aromatic ring is 1. The number of nitrogens with two attached hydrogens (primary N) is 1. The van der Waals surface area contributed by atoms with E-state index in [1.807, 2.05) is 23.1 Å². The number of amides is 1. The summed E-state index contributed by atoms with van der Waals surface area (Å²) in [6, 6.07) is 5.89. The Kier molecular flexibility index (Phi) is 2.80.